The summed E-state index contributed by atoms with van der Waals surface area (Å²) in [4.78, 5) is 12.0. The summed E-state index contributed by atoms with van der Waals surface area (Å²) in [6, 6.07) is 18.2. The molecule has 8 nitrogen and oxygen atoms in total. The van der Waals surface area contributed by atoms with Crippen LogP contribution in [-0.2, 0) is 4.79 Å². The van der Waals surface area contributed by atoms with Gasteiger partial charge in [-0.1, -0.05) is 29.8 Å². The van der Waals surface area contributed by atoms with E-state index in [4.69, 9.17) is 21.1 Å². The number of carbonyl (C=O) groups is 1. The van der Waals surface area contributed by atoms with Crippen LogP contribution in [-0.4, -0.2) is 46.0 Å². The fourth-order valence-electron chi connectivity index (χ4n) is 2.93. The Morgan fingerprint density at radius 2 is 1.91 bits per heavy atom. The number of amides is 1. The molecule has 0 aliphatic heterocycles. The highest BCUT2D eigenvalue weighted by molar-refractivity contribution is 6.32. The Bertz CT molecular complexity index is 1250. The Morgan fingerprint density at radius 1 is 1.09 bits per heavy atom. The van der Waals surface area contributed by atoms with E-state index in [9.17, 15) is 4.79 Å². The molecule has 9 heteroatoms. The van der Waals surface area contributed by atoms with E-state index in [1.165, 1.54) is 6.08 Å². The van der Waals surface area contributed by atoms with Crippen LogP contribution < -0.4 is 14.8 Å². The van der Waals surface area contributed by atoms with Crippen molar-refractivity contribution in [2.75, 3.05) is 20.3 Å². The lowest BCUT2D eigenvalue weighted by molar-refractivity contribution is -0.116. The molecule has 1 amide bonds. The number of nitrogens with one attached hydrogen (secondary N) is 1. The molecule has 2 aromatic heterocycles. The number of ether oxygens (including phenoxy) is 2. The van der Waals surface area contributed by atoms with Crippen molar-refractivity contribution >= 4 is 29.2 Å². The molecule has 0 aliphatic rings. The standard InChI is InChI=1S/C23H20ClN5O3/c1-31-18-9-6-17(7-10-18)23-27-26-20-11-13-22(28-29(20)23)32-15-14-25-21(30)12-8-16-4-2-3-5-19(16)24/h2-13H,14-15H2,1H3,(H,25,30)/b12-8+. The number of methoxy groups -OCH3 is 1. The van der Waals surface area contributed by atoms with Crippen LogP contribution in [0.15, 0.2) is 66.7 Å². The molecule has 2 aromatic carbocycles. The number of aromatic nitrogens is 4. The van der Waals surface area contributed by atoms with Gasteiger partial charge in [0, 0.05) is 22.7 Å². The summed E-state index contributed by atoms with van der Waals surface area (Å²) in [7, 11) is 1.62. The maximum Gasteiger partial charge on any atom is 0.244 e. The predicted molar refractivity (Wildman–Crippen MR) is 122 cm³/mol. The first-order valence-corrected chi connectivity index (χ1v) is 10.2. The maximum absolute atomic E-state index is 12.0. The van der Waals surface area contributed by atoms with Gasteiger partial charge in [-0.15, -0.1) is 15.3 Å². The van der Waals surface area contributed by atoms with Gasteiger partial charge in [-0.2, -0.15) is 4.52 Å². The van der Waals surface area contributed by atoms with Gasteiger partial charge in [0.2, 0.25) is 11.8 Å². The van der Waals surface area contributed by atoms with Crippen LogP contribution in [0.5, 0.6) is 11.6 Å². The van der Waals surface area contributed by atoms with Crippen LogP contribution in [0.1, 0.15) is 5.56 Å². The molecular formula is C23H20ClN5O3. The third-order valence-corrected chi connectivity index (χ3v) is 4.90. The SMILES string of the molecule is COc1ccc(-c2nnc3ccc(OCCNC(=O)/C=C/c4ccccc4Cl)nn23)cc1. The summed E-state index contributed by atoms with van der Waals surface area (Å²) in [6.07, 6.45) is 3.10. The van der Waals surface area contributed by atoms with Gasteiger partial charge in [-0.25, -0.2) is 0 Å². The van der Waals surface area contributed by atoms with Gasteiger partial charge in [-0.3, -0.25) is 4.79 Å². The Kier molecular flexibility index (Phi) is 6.62. The molecule has 4 rings (SSSR count). The number of carbonyl (C=O) groups excluding carboxylic acids is 1. The zero-order valence-electron chi connectivity index (χ0n) is 17.2. The molecule has 0 saturated carbocycles. The van der Waals surface area contributed by atoms with Gasteiger partial charge >= 0.3 is 0 Å². The second-order valence-corrected chi connectivity index (χ2v) is 7.10. The normalized spacial score (nSPS) is 11.1. The van der Waals surface area contributed by atoms with E-state index < -0.39 is 0 Å². The molecule has 0 radical (unpaired) electrons. The van der Waals surface area contributed by atoms with Gasteiger partial charge in [-0.05, 0) is 48.0 Å². The predicted octanol–water partition coefficient (Wildman–Crippen LogP) is 3.66. The van der Waals surface area contributed by atoms with Crippen molar-refractivity contribution in [3.63, 3.8) is 0 Å². The quantitative estimate of drug-likeness (QED) is 0.326. The van der Waals surface area contributed by atoms with Crippen LogP contribution in [0.25, 0.3) is 23.1 Å². The third kappa shape index (κ3) is 5.04. The van der Waals surface area contributed by atoms with Crippen molar-refractivity contribution in [3.8, 4) is 23.0 Å². The summed E-state index contributed by atoms with van der Waals surface area (Å²) in [5, 5.41) is 16.2. The topological polar surface area (TPSA) is 90.6 Å². The Morgan fingerprint density at radius 3 is 2.69 bits per heavy atom. The number of hydrogen-bond donors (Lipinski definition) is 1. The Labute approximate surface area is 189 Å². The second kappa shape index (κ2) is 9.93. The van der Waals surface area contributed by atoms with Crippen molar-refractivity contribution in [1.82, 2.24) is 25.1 Å². The van der Waals surface area contributed by atoms with Crippen LogP contribution in [0.2, 0.25) is 5.02 Å². The van der Waals surface area contributed by atoms with Gasteiger partial charge in [0.25, 0.3) is 0 Å². The van der Waals surface area contributed by atoms with Crippen molar-refractivity contribution < 1.29 is 14.3 Å². The van der Waals surface area contributed by atoms with Gasteiger partial charge < -0.3 is 14.8 Å². The van der Waals surface area contributed by atoms with Crippen molar-refractivity contribution in [1.29, 1.82) is 0 Å². The first-order chi connectivity index (χ1) is 15.6. The molecule has 162 valence electrons. The minimum atomic E-state index is -0.238. The molecule has 0 bridgehead atoms. The highest BCUT2D eigenvalue weighted by Crippen LogP contribution is 2.22. The average Bonchev–Trinajstić information content (AvgIpc) is 3.24. The zero-order valence-corrected chi connectivity index (χ0v) is 18.0. The highest BCUT2D eigenvalue weighted by atomic mass is 35.5. The lowest BCUT2D eigenvalue weighted by atomic mass is 10.2. The van der Waals surface area contributed by atoms with Gasteiger partial charge in [0.1, 0.15) is 12.4 Å². The smallest absolute Gasteiger partial charge is 0.244 e. The fourth-order valence-corrected chi connectivity index (χ4v) is 3.13. The summed E-state index contributed by atoms with van der Waals surface area (Å²) in [6.45, 7) is 0.573. The molecule has 1 N–H and O–H groups in total. The zero-order chi connectivity index (χ0) is 22.3. The number of hydrogen-bond acceptors (Lipinski definition) is 6. The van der Waals surface area contributed by atoms with Crippen molar-refractivity contribution in [2.45, 2.75) is 0 Å². The Balaban J connectivity index is 1.34. The van der Waals surface area contributed by atoms with E-state index in [1.54, 1.807) is 35.9 Å². The lowest BCUT2D eigenvalue weighted by Crippen LogP contribution is -2.26. The van der Waals surface area contributed by atoms with Crippen LogP contribution in [0.3, 0.4) is 0 Å². The minimum Gasteiger partial charge on any atom is -0.497 e. The summed E-state index contributed by atoms with van der Waals surface area (Å²) < 4.78 is 12.5. The molecular weight excluding hydrogens is 430 g/mol. The van der Waals surface area contributed by atoms with E-state index in [0.717, 1.165) is 16.9 Å². The molecule has 0 fully saturated rings. The highest BCUT2D eigenvalue weighted by Gasteiger charge is 2.11. The number of fused-ring (bicyclic) bond motifs is 1. The molecule has 0 saturated heterocycles. The first kappa shape index (κ1) is 21.3. The van der Waals surface area contributed by atoms with E-state index in [-0.39, 0.29) is 12.5 Å². The largest absolute Gasteiger partial charge is 0.497 e. The number of halogens is 1. The minimum absolute atomic E-state index is 0.238. The molecule has 32 heavy (non-hydrogen) atoms. The van der Waals surface area contributed by atoms with Crippen LogP contribution in [0.4, 0.5) is 0 Å². The number of nitrogens with zero attached hydrogens (tertiary/aromatic N) is 4. The summed E-state index contributed by atoms with van der Waals surface area (Å²) in [5.41, 5.74) is 2.22. The molecule has 0 unspecified atom stereocenters. The van der Waals surface area contributed by atoms with Crippen LogP contribution >= 0.6 is 11.6 Å². The van der Waals surface area contributed by atoms with Gasteiger partial charge in [0.15, 0.2) is 11.5 Å². The molecule has 0 aliphatic carbocycles. The summed E-state index contributed by atoms with van der Waals surface area (Å²) >= 11 is 6.07. The van der Waals surface area contributed by atoms with Crippen molar-refractivity contribution in [2.24, 2.45) is 0 Å². The van der Waals surface area contributed by atoms with Crippen LogP contribution in [0, 0.1) is 0 Å². The summed E-state index contributed by atoms with van der Waals surface area (Å²) in [5.74, 6) is 1.50. The Hall–Kier alpha value is -3.91. The first-order valence-electron chi connectivity index (χ1n) is 9.84. The maximum atomic E-state index is 12.0. The molecule has 0 atom stereocenters. The molecule has 0 spiro atoms. The number of benzene rings is 2. The van der Waals surface area contributed by atoms with E-state index >= 15 is 0 Å². The third-order valence-electron chi connectivity index (χ3n) is 4.56. The average molecular weight is 450 g/mol. The van der Waals surface area contributed by atoms with Gasteiger partial charge in [0.05, 0.1) is 13.7 Å². The van der Waals surface area contributed by atoms with E-state index in [0.29, 0.717) is 28.9 Å². The van der Waals surface area contributed by atoms with Crippen molar-refractivity contribution in [3.05, 3.63) is 77.3 Å². The lowest BCUT2D eigenvalue weighted by Gasteiger charge is -2.07. The fraction of sp³-hybridized carbons (Fsp3) is 0.130. The molecule has 2 heterocycles. The van der Waals surface area contributed by atoms with E-state index in [2.05, 4.69) is 20.6 Å². The molecule has 4 aromatic rings. The second-order valence-electron chi connectivity index (χ2n) is 6.69. The monoisotopic (exact) mass is 449 g/mol. The van der Waals surface area contributed by atoms with E-state index in [1.807, 2.05) is 42.5 Å². The number of rotatable bonds is 8.